The van der Waals surface area contributed by atoms with Crippen LogP contribution < -0.4 is 110 Å². The molecule has 0 heterocycles. The van der Waals surface area contributed by atoms with Crippen LogP contribution in [0.4, 0.5) is 0 Å². The summed E-state index contributed by atoms with van der Waals surface area (Å²) in [7, 11) is 0. The van der Waals surface area contributed by atoms with Gasteiger partial charge in [0.25, 0.3) is 0 Å². The quantitative estimate of drug-likeness (QED) is 0.290. The Bertz CT molecular complexity index is 12.9. The SMILES string of the molecule is [H-].[H-].[H-].[K+].[Na+].[Na+].[Ti]. The maximum atomic E-state index is 0. The fraction of sp³-hybridized carbons (Fsp3) is 0. The van der Waals surface area contributed by atoms with Crippen molar-refractivity contribution >= 4 is 0 Å². The minimum absolute atomic E-state index is 0. The van der Waals surface area contributed by atoms with Gasteiger partial charge >= 0.3 is 110 Å². The van der Waals surface area contributed by atoms with Crippen molar-refractivity contribution in [2.24, 2.45) is 0 Å². The van der Waals surface area contributed by atoms with E-state index in [-0.39, 0.29) is 136 Å². The Balaban J connectivity index is 0. The van der Waals surface area contributed by atoms with Gasteiger partial charge in [-0.15, -0.1) is 0 Å². The van der Waals surface area contributed by atoms with E-state index in [1.165, 1.54) is 0 Å². The third kappa shape index (κ3) is 9.61. The van der Waals surface area contributed by atoms with E-state index in [4.69, 9.17) is 0 Å². The zero-order chi connectivity index (χ0) is 0. The van der Waals surface area contributed by atoms with Crippen LogP contribution in [0.2, 0.25) is 0 Å². The van der Waals surface area contributed by atoms with Crippen molar-refractivity contribution in [1.82, 2.24) is 0 Å². The molecule has 0 aromatic rings. The fourth-order valence-electron chi connectivity index (χ4n) is 0. The topological polar surface area (TPSA) is 0 Å². The van der Waals surface area contributed by atoms with Crippen LogP contribution in [0, 0.1) is 0 Å². The van der Waals surface area contributed by atoms with Crippen LogP contribution in [0.25, 0.3) is 0 Å². The molecule has 10 valence electrons. The Labute approximate surface area is 133 Å². The van der Waals surface area contributed by atoms with Crippen molar-refractivity contribution in [1.29, 1.82) is 0 Å². The molecular weight excluding hydrogens is 133 g/mol. The van der Waals surface area contributed by atoms with Gasteiger partial charge in [0.1, 0.15) is 0 Å². The van der Waals surface area contributed by atoms with Gasteiger partial charge in [-0.05, 0) is 0 Å². The van der Waals surface area contributed by atoms with Crippen molar-refractivity contribution in [2.75, 3.05) is 0 Å². The molecular formula is H3KNa2Ti. The largest absolute Gasteiger partial charge is 1.00 e. The summed E-state index contributed by atoms with van der Waals surface area (Å²) in [4.78, 5) is 0. The summed E-state index contributed by atoms with van der Waals surface area (Å²) in [5, 5.41) is 0. The van der Waals surface area contributed by atoms with Gasteiger partial charge in [-0.1, -0.05) is 0 Å². The van der Waals surface area contributed by atoms with Crippen LogP contribution in [0.5, 0.6) is 0 Å². The molecule has 0 fully saturated rings. The first-order chi connectivity index (χ1) is 0. The van der Waals surface area contributed by atoms with Crippen LogP contribution in [0.15, 0.2) is 0 Å². The molecule has 4 heavy (non-hydrogen) atoms. The van der Waals surface area contributed by atoms with Gasteiger partial charge in [-0.2, -0.15) is 0 Å². The van der Waals surface area contributed by atoms with Crippen LogP contribution in [0.1, 0.15) is 4.28 Å². The van der Waals surface area contributed by atoms with Crippen LogP contribution in [0.3, 0.4) is 0 Å². The average molecular weight is 136 g/mol. The second-order valence-electron chi connectivity index (χ2n) is 0. The molecule has 0 N–H and O–H groups in total. The predicted molar refractivity (Wildman–Crippen MR) is 3.34 cm³/mol. The van der Waals surface area contributed by atoms with E-state index in [2.05, 4.69) is 0 Å². The monoisotopic (exact) mass is 136 g/mol. The number of hydrogen-bond acceptors (Lipinski definition) is 0. The van der Waals surface area contributed by atoms with Crippen LogP contribution in [-0.2, 0) is 21.7 Å². The summed E-state index contributed by atoms with van der Waals surface area (Å²) in [5.74, 6) is 0. The average Bonchev–Trinajstić information content (AvgIpc) is 0. The number of rotatable bonds is 0. The first kappa shape index (κ1) is 23.8. The van der Waals surface area contributed by atoms with E-state index >= 15 is 0 Å². The van der Waals surface area contributed by atoms with Crippen molar-refractivity contribution in [3.8, 4) is 0 Å². The minimum atomic E-state index is 0. The van der Waals surface area contributed by atoms with Crippen molar-refractivity contribution in [2.45, 2.75) is 0 Å². The van der Waals surface area contributed by atoms with Crippen molar-refractivity contribution < 1.29 is 136 Å². The molecule has 0 aliphatic heterocycles. The van der Waals surface area contributed by atoms with Crippen LogP contribution in [-0.4, -0.2) is 0 Å². The third-order valence-electron chi connectivity index (χ3n) is 0. The molecule has 0 saturated heterocycles. The van der Waals surface area contributed by atoms with E-state index in [1.54, 1.807) is 0 Å². The zero-order valence-corrected chi connectivity index (χ0v) is 12.2. The van der Waals surface area contributed by atoms with Gasteiger partial charge in [0.15, 0.2) is 0 Å². The first-order valence-corrected chi connectivity index (χ1v) is 0. The Morgan fingerprint density at radius 2 is 1.00 bits per heavy atom. The zero-order valence-electron chi connectivity index (χ0n) is 6.50. The Morgan fingerprint density at radius 3 is 1.00 bits per heavy atom. The van der Waals surface area contributed by atoms with Gasteiger partial charge in [-0.3, -0.25) is 0 Å². The summed E-state index contributed by atoms with van der Waals surface area (Å²) in [6.07, 6.45) is 0. The third-order valence-corrected chi connectivity index (χ3v) is 0. The molecule has 0 radical (unpaired) electrons. The molecule has 0 aliphatic carbocycles. The van der Waals surface area contributed by atoms with E-state index in [9.17, 15) is 0 Å². The summed E-state index contributed by atoms with van der Waals surface area (Å²) in [6.45, 7) is 0. The minimum Gasteiger partial charge on any atom is -1.00 e. The second-order valence-corrected chi connectivity index (χ2v) is 0. The first-order valence-electron chi connectivity index (χ1n) is 0. The molecule has 0 aliphatic rings. The van der Waals surface area contributed by atoms with E-state index in [1.807, 2.05) is 0 Å². The normalized spacial score (nSPS) is 0. The fourth-order valence-corrected chi connectivity index (χ4v) is 0. The van der Waals surface area contributed by atoms with Gasteiger partial charge in [0, 0.05) is 21.7 Å². The Morgan fingerprint density at radius 1 is 1.00 bits per heavy atom. The summed E-state index contributed by atoms with van der Waals surface area (Å²) in [5.41, 5.74) is 0. The standard InChI is InChI=1S/K.2Na.Ti.3H/q3*+1;;3*-1. The molecule has 0 bridgehead atoms. The van der Waals surface area contributed by atoms with E-state index < -0.39 is 0 Å². The summed E-state index contributed by atoms with van der Waals surface area (Å²) >= 11 is 0. The summed E-state index contributed by atoms with van der Waals surface area (Å²) in [6, 6.07) is 0. The predicted octanol–water partition coefficient (Wildman–Crippen LogP) is -8.65. The molecule has 0 atom stereocenters. The molecule has 0 aromatic heterocycles. The number of hydrogen-bond donors (Lipinski definition) is 0. The molecule has 0 amide bonds. The maximum absolute atomic E-state index is 0. The van der Waals surface area contributed by atoms with Gasteiger partial charge < -0.3 is 4.28 Å². The molecule has 0 spiro atoms. The van der Waals surface area contributed by atoms with E-state index in [0.29, 0.717) is 0 Å². The van der Waals surface area contributed by atoms with Gasteiger partial charge in [0.2, 0.25) is 0 Å². The maximum Gasteiger partial charge on any atom is 1.00 e. The molecule has 0 saturated carbocycles. The molecule has 0 aromatic carbocycles. The Hall–Kier alpha value is 4.35. The van der Waals surface area contributed by atoms with Gasteiger partial charge in [0.05, 0.1) is 0 Å². The summed E-state index contributed by atoms with van der Waals surface area (Å²) < 4.78 is 0. The molecule has 0 rings (SSSR count). The van der Waals surface area contributed by atoms with Crippen molar-refractivity contribution in [3.05, 3.63) is 0 Å². The second kappa shape index (κ2) is 15.7. The Kier molecular flexibility index (Phi) is 93.3. The van der Waals surface area contributed by atoms with E-state index in [0.717, 1.165) is 0 Å². The smallest absolute Gasteiger partial charge is 1.00 e. The molecule has 0 nitrogen and oxygen atoms in total. The van der Waals surface area contributed by atoms with Gasteiger partial charge in [-0.25, -0.2) is 0 Å². The molecule has 0 unspecified atom stereocenters. The van der Waals surface area contributed by atoms with Crippen LogP contribution >= 0.6 is 0 Å². The van der Waals surface area contributed by atoms with Crippen molar-refractivity contribution in [3.63, 3.8) is 0 Å². The molecule has 4 heteroatoms.